The van der Waals surface area contributed by atoms with E-state index in [4.69, 9.17) is 10.8 Å². The van der Waals surface area contributed by atoms with Gasteiger partial charge in [-0.3, -0.25) is 0 Å². The largest absolute Gasteiger partial charge is 0.447 e. The number of hydrogen-bond acceptors (Lipinski definition) is 4. The predicted octanol–water partition coefficient (Wildman–Crippen LogP) is 1.86. The van der Waals surface area contributed by atoms with E-state index < -0.39 is 10.0 Å². The fraction of sp³-hybridized carbons (Fsp3) is 0.571. The summed E-state index contributed by atoms with van der Waals surface area (Å²) in [6, 6.07) is 2.77. The van der Waals surface area contributed by atoms with Gasteiger partial charge in [-0.25, -0.2) is 13.1 Å². The highest BCUT2D eigenvalue weighted by Gasteiger charge is 2.21. The maximum absolute atomic E-state index is 12.0. The molecule has 0 aromatic carbocycles. The third-order valence-corrected chi connectivity index (χ3v) is 3.94. The van der Waals surface area contributed by atoms with Crippen molar-refractivity contribution in [2.75, 3.05) is 0 Å². The molecule has 0 saturated heterocycles. The number of terminal acetylenes is 1. The van der Waals surface area contributed by atoms with Crippen LogP contribution in [-0.2, 0) is 16.6 Å². The van der Waals surface area contributed by atoms with Crippen LogP contribution in [0.3, 0.4) is 0 Å². The SMILES string of the molecule is C#CCC(C)NS(=O)(=O)c1ccc(CNC(C)(C)C)o1. The molecule has 1 heterocycles. The van der Waals surface area contributed by atoms with Crippen molar-refractivity contribution < 1.29 is 12.8 Å². The van der Waals surface area contributed by atoms with Crippen LogP contribution in [-0.4, -0.2) is 20.0 Å². The first kappa shape index (κ1) is 16.8. The number of rotatable bonds is 6. The standard InChI is InChI=1S/C14H22N2O3S/c1-6-7-11(2)16-20(17,18)13-9-8-12(19-13)10-15-14(3,4)5/h1,8-9,11,15-16H,7,10H2,2-5H3. The van der Waals surface area contributed by atoms with Gasteiger partial charge in [-0.1, -0.05) is 0 Å². The Morgan fingerprint density at radius 3 is 2.60 bits per heavy atom. The number of nitrogens with one attached hydrogen (secondary N) is 2. The Hall–Kier alpha value is -1.29. The van der Waals surface area contributed by atoms with Crippen molar-refractivity contribution in [2.45, 2.75) is 57.3 Å². The average molecular weight is 298 g/mol. The van der Waals surface area contributed by atoms with Crippen LogP contribution in [0.15, 0.2) is 21.6 Å². The van der Waals surface area contributed by atoms with Crippen LogP contribution in [0.4, 0.5) is 0 Å². The molecule has 0 saturated carbocycles. The van der Waals surface area contributed by atoms with Crippen LogP contribution >= 0.6 is 0 Å². The molecule has 0 radical (unpaired) electrons. The summed E-state index contributed by atoms with van der Waals surface area (Å²) in [5.74, 6) is 2.99. The highest BCUT2D eigenvalue weighted by molar-refractivity contribution is 7.89. The summed E-state index contributed by atoms with van der Waals surface area (Å²) in [6.07, 6.45) is 5.49. The van der Waals surface area contributed by atoms with E-state index in [-0.39, 0.29) is 16.7 Å². The minimum absolute atomic E-state index is 0.0641. The lowest BCUT2D eigenvalue weighted by molar-refractivity contribution is 0.358. The first-order chi connectivity index (χ1) is 9.14. The van der Waals surface area contributed by atoms with Crippen molar-refractivity contribution >= 4 is 10.0 Å². The van der Waals surface area contributed by atoms with E-state index in [1.165, 1.54) is 6.07 Å². The second-order valence-corrected chi connectivity index (χ2v) is 7.40. The molecule has 1 unspecified atom stereocenters. The maximum Gasteiger partial charge on any atom is 0.274 e. The molecule has 1 rings (SSSR count). The summed E-state index contributed by atoms with van der Waals surface area (Å²) in [5.41, 5.74) is -0.0641. The molecule has 20 heavy (non-hydrogen) atoms. The second-order valence-electron chi connectivity index (χ2n) is 5.75. The Morgan fingerprint density at radius 2 is 2.05 bits per heavy atom. The minimum Gasteiger partial charge on any atom is -0.447 e. The van der Waals surface area contributed by atoms with Crippen molar-refractivity contribution in [1.82, 2.24) is 10.0 Å². The third kappa shape index (κ3) is 5.37. The highest BCUT2D eigenvalue weighted by atomic mass is 32.2. The van der Waals surface area contributed by atoms with E-state index in [0.717, 1.165) is 0 Å². The molecule has 0 amide bonds. The summed E-state index contributed by atoms with van der Waals surface area (Å²) < 4.78 is 31.9. The number of furan rings is 1. The van der Waals surface area contributed by atoms with Gasteiger partial charge in [-0.15, -0.1) is 12.3 Å². The van der Waals surface area contributed by atoms with E-state index in [2.05, 4.69) is 16.0 Å². The Morgan fingerprint density at radius 1 is 1.40 bits per heavy atom. The van der Waals surface area contributed by atoms with Crippen LogP contribution in [0.25, 0.3) is 0 Å². The summed E-state index contributed by atoms with van der Waals surface area (Å²) >= 11 is 0. The lowest BCUT2D eigenvalue weighted by atomic mass is 10.1. The maximum atomic E-state index is 12.0. The van der Waals surface area contributed by atoms with Gasteiger partial charge in [-0.2, -0.15) is 0 Å². The fourth-order valence-electron chi connectivity index (χ4n) is 1.49. The highest BCUT2D eigenvalue weighted by Crippen LogP contribution is 2.15. The van der Waals surface area contributed by atoms with E-state index in [1.54, 1.807) is 13.0 Å². The van der Waals surface area contributed by atoms with Crippen molar-refractivity contribution in [3.05, 3.63) is 17.9 Å². The quantitative estimate of drug-likeness (QED) is 0.786. The van der Waals surface area contributed by atoms with E-state index in [9.17, 15) is 8.42 Å². The van der Waals surface area contributed by atoms with Gasteiger partial charge in [0.2, 0.25) is 5.09 Å². The Labute approximate surface area is 121 Å². The van der Waals surface area contributed by atoms with E-state index >= 15 is 0 Å². The van der Waals surface area contributed by atoms with Gasteiger partial charge < -0.3 is 9.73 Å². The lowest BCUT2D eigenvalue weighted by Crippen LogP contribution is -2.35. The summed E-state index contributed by atoms with van der Waals surface area (Å²) in [6.45, 7) is 8.26. The molecule has 0 aliphatic heterocycles. The molecule has 0 aliphatic carbocycles. The molecule has 112 valence electrons. The summed E-state index contributed by atoms with van der Waals surface area (Å²) in [5, 5.41) is 3.14. The Bertz CT molecular complexity index is 576. The van der Waals surface area contributed by atoms with Crippen LogP contribution < -0.4 is 10.0 Å². The number of sulfonamides is 1. The summed E-state index contributed by atoms with van der Waals surface area (Å²) in [4.78, 5) is 0. The molecule has 0 aliphatic rings. The minimum atomic E-state index is -3.65. The second kappa shape index (κ2) is 6.44. The monoisotopic (exact) mass is 298 g/mol. The Kier molecular flexibility index (Phi) is 5.40. The van der Waals surface area contributed by atoms with Gasteiger partial charge in [-0.05, 0) is 39.8 Å². The van der Waals surface area contributed by atoms with Gasteiger partial charge in [0.25, 0.3) is 10.0 Å². The molecule has 2 N–H and O–H groups in total. The van der Waals surface area contributed by atoms with Crippen molar-refractivity contribution in [2.24, 2.45) is 0 Å². The van der Waals surface area contributed by atoms with Crippen LogP contribution in [0.1, 0.15) is 39.9 Å². The van der Waals surface area contributed by atoms with Gasteiger partial charge in [0, 0.05) is 18.0 Å². The molecule has 6 heteroatoms. The van der Waals surface area contributed by atoms with Gasteiger partial charge in [0.15, 0.2) is 0 Å². The smallest absolute Gasteiger partial charge is 0.274 e. The predicted molar refractivity (Wildman–Crippen MR) is 78.5 cm³/mol. The Balaban J connectivity index is 2.73. The zero-order valence-corrected chi connectivity index (χ0v) is 13.2. The summed E-state index contributed by atoms with van der Waals surface area (Å²) in [7, 11) is -3.65. The molecule has 1 atom stereocenters. The first-order valence-electron chi connectivity index (χ1n) is 6.43. The number of hydrogen-bond donors (Lipinski definition) is 2. The van der Waals surface area contributed by atoms with E-state index in [0.29, 0.717) is 18.7 Å². The zero-order chi connectivity index (χ0) is 15.4. The van der Waals surface area contributed by atoms with Gasteiger partial charge in [0.05, 0.1) is 6.54 Å². The molecular weight excluding hydrogens is 276 g/mol. The van der Waals surface area contributed by atoms with Crippen LogP contribution in [0.5, 0.6) is 0 Å². The van der Waals surface area contributed by atoms with Crippen molar-refractivity contribution in [3.63, 3.8) is 0 Å². The molecular formula is C14H22N2O3S. The zero-order valence-electron chi connectivity index (χ0n) is 12.4. The molecule has 0 fully saturated rings. The molecule has 1 aromatic heterocycles. The van der Waals surface area contributed by atoms with Crippen molar-refractivity contribution in [3.8, 4) is 12.3 Å². The fourth-order valence-corrected chi connectivity index (χ4v) is 2.68. The topological polar surface area (TPSA) is 71.3 Å². The normalized spacial score (nSPS) is 13.9. The molecule has 0 spiro atoms. The lowest BCUT2D eigenvalue weighted by Gasteiger charge is -2.19. The first-order valence-corrected chi connectivity index (χ1v) is 7.92. The van der Waals surface area contributed by atoms with Crippen LogP contribution in [0.2, 0.25) is 0 Å². The average Bonchev–Trinajstić information content (AvgIpc) is 2.74. The molecule has 1 aromatic rings. The van der Waals surface area contributed by atoms with Gasteiger partial charge >= 0.3 is 0 Å². The molecule has 5 nitrogen and oxygen atoms in total. The van der Waals surface area contributed by atoms with E-state index in [1.807, 2.05) is 20.8 Å². The third-order valence-electron chi connectivity index (χ3n) is 2.48. The van der Waals surface area contributed by atoms with Gasteiger partial charge in [0.1, 0.15) is 5.76 Å². The molecule has 0 bridgehead atoms. The van der Waals surface area contributed by atoms with Crippen molar-refractivity contribution in [1.29, 1.82) is 0 Å². The van der Waals surface area contributed by atoms with Crippen LogP contribution in [0, 0.1) is 12.3 Å².